The predicted molar refractivity (Wildman–Crippen MR) is 154 cm³/mol. The zero-order chi connectivity index (χ0) is 28.9. The number of aromatic nitrogens is 1. The molecule has 4 aromatic rings. The van der Waals surface area contributed by atoms with Crippen molar-refractivity contribution in [2.75, 3.05) is 13.1 Å². The Morgan fingerprint density at radius 3 is 2.23 bits per heavy atom. The normalized spacial score (nSPS) is 11.8. The lowest BCUT2D eigenvalue weighted by molar-refractivity contribution is -0.384. The summed E-state index contributed by atoms with van der Waals surface area (Å²) in [6.07, 6.45) is 2.04. The third-order valence-electron chi connectivity index (χ3n) is 6.39. The Morgan fingerprint density at radius 1 is 0.950 bits per heavy atom. The number of fused-ring (bicyclic) bond motifs is 1. The lowest BCUT2D eigenvalue weighted by atomic mass is 10.1. The number of hydrogen-bond donors (Lipinski definition) is 0. The monoisotopic (exact) mass is 577 g/mol. The summed E-state index contributed by atoms with van der Waals surface area (Å²) in [7, 11) is -8.04. The summed E-state index contributed by atoms with van der Waals surface area (Å²) in [4.78, 5) is 10.5. The van der Waals surface area contributed by atoms with Crippen LogP contribution in [-0.4, -0.2) is 43.1 Å². The fourth-order valence-corrected chi connectivity index (χ4v) is 7.45. The molecule has 0 saturated heterocycles. The summed E-state index contributed by atoms with van der Waals surface area (Å²) >= 11 is 0. The van der Waals surface area contributed by atoms with E-state index in [1.54, 1.807) is 49.4 Å². The third-order valence-corrected chi connectivity index (χ3v) is 10.0. The quantitative estimate of drug-likeness (QED) is 0.110. The molecule has 0 amide bonds. The number of non-ortho nitro benzene ring substituents is 1. The van der Waals surface area contributed by atoms with Crippen molar-refractivity contribution in [3.05, 3.63) is 113 Å². The van der Waals surface area contributed by atoms with E-state index in [9.17, 15) is 26.9 Å². The van der Waals surface area contributed by atoms with Gasteiger partial charge in [-0.3, -0.25) is 10.1 Å². The van der Waals surface area contributed by atoms with Gasteiger partial charge in [0.15, 0.2) is 0 Å². The van der Waals surface area contributed by atoms with Gasteiger partial charge in [0, 0.05) is 36.2 Å². The Hall–Kier alpha value is -4.24. The van der Waals surface area contributed by atoms with E-state index >= 15 is 0 Å². The first-order chi connectivity index (χ1) is 19.1. The highest BCUT2D eigenvalue weighted by Crippen LogP contribution is 2.32. The summed E-state index contributed by atoms with van der Waals surface area (Å²) in [6, 6.07) is 19.9. The van der Waals surface area contributed by atoms with E-state index in [0.717, 1.165) is 12.1 Å². The van der Waals surface area contributed by atoms with Gasteiger partial charge < -0.3 is 0 Å². The molecular formula is C29H27N3O6S2. The topological polar surface area (TPSA) is 120 Å². The number of nitrogens with zero attached hydrogens (tertiary/aromatic N) is 3. The molecule has 1 aromatic heterocycles. The first-order valence-corrected chi connectivity index (χ1v) is 15.2. The second kappa shape index (κ2) is 11.9. The molecule has 0 radical (unpaired) electrons. The van der Waals surface area contributed by atoms with E-state index in [2.05, 4.69) is 18.4 Å². The van der Waals surface area contributed by atoms with Crippen molar-refractivity contribution in [1.29, 1.82) is 0 Å². The van der Waals surface area contributed by atoms with Gasteiger partial charge in [-0.2, -0.15) is 4.31 Å². The molecule has 9 nitrogen and oxygen atoms in total. The van der Waals surface area contributed by atoms with Gasteiger partial charge >= 0.3 is 0 Å². The summed E-state index contributed by atoms with van der Waals surface area (Å²) in [5, 5.41) is 11.7. The number of rotatable bonds is 11. The van der Waals surface area contributed by atoms with Crippen LogP contribution in [0.3, 0.4) is 0 Å². The van der Waals surface area contributed by atoms with Crippen LogP contribution in [-0.2, 0) is 32.9 Å². The van der Waals surface area contributed by atoms with Crippen LogP contribution < -0.4 is 0 Å². The molecule has 4 rings (SSSR count). The molecule has 3 aromatic carbocycles. The zero-order valence-electron chi connectivity index (χ0n) is 21.7. The highest BCUT2D eigenvalue weighted by Gasteiger charge is 2.29. The Kier molecular flexibility index (Phi) is 8.54. The second-order valence-corrected chi connectivity index (χ2v) is 12.5. The first kappa shape index (κ1) is 28.8. The van der Waals surface area contributed by atoms with Gasteiger partial charge in [0.25, 0.3) is 15.7 Å². The summed E-state index contributed by atoms with van der Waals surface area (Å²) in [5.74, 6) is 5.49. The number of hydrogen-bond acceptors (Lipinski definition) is 6. The largest absolute Gasteiger partial charge is 0.269 e. The Bertz CT molecular complexity index is 1830. The van der Waals surface area contributed by atoms with Crippen LogP contribution in [0.5, 0.6) is 0 Å². The van der Waals surface area contributed by atoms with Gasteiger partial charge in [0.1, 0.15) is 0 Å². The summed E-state index contributed by atoms with van der Waals surface area (Å²) in [6.45, 7) is 5.31. The maximum absolute atomic E-state index is 13.8. The molecule has 0 spiro atoms. The molecule has 11 heteroatoms. The Balaban J connectivity index is 1.80. The van der Waals surface area contributed by atoms with E-state index < -0.39 is 25.0 Å². The number of benzene rings is 3. The molecule has 0 aliphatic heterocycles. The Morgan fingerprint density at radius 2 is 1.60 bits per heavy atom. The van der Waals surface area contributed by atoms with Crippen molar-refractivity contribution in [3.63, 3.8) is 0 Å². The molecule has 0 aliphatic rings. The average molecular weight is 578 g/mol. The van der Waals surface area contributed by atoms with Gasteiger partial charge in [0.05, 0.1) is 26.8 Å². The maximum atomic E-state index is 13.8. The van der Waals surface area contributed by atoms with Gasteiger partial charge in [-0.15, -0.1) is 12.5 Å². The number of para-hydroxylation sites is 1. The highest BCUT2D eigenvalue weighted by molar-refractivity contribution is 7.90. The first-order valence-electron chi connectivity index (χ1n) is 12.3. The highest BCUT2D eigenvalue weighted by atomic mass is 32.2. The lowest BCUT2D eigenvalue weighted by Gasteiger charge is -2.20. The predicted octanol–water partition coefficient (Wildman–Crippen LogP) is 4.77. The molecule has 0 bridgehead atoms. The smallest absolute Gasteiger partial charge is 0.258 e. The fourth-order valence-electron chi connectivity index (χ4n) is 4.50. The van der Waals surface area contributed by atoms with E-state index in [1.165, 1.54) is 32.5 Å². The minimum Gasteiger partial charge on any atom is -0.258 e. The number of sulfonamides is 1. The van der Waals surface area contributed by atoms with Crippen molar-refractivity contribution < 1.29 is 21.8 Å². The van der Waals surface area contributed by atoms with Crippen molar-refractivity contribution in [3.8, 4) is 11.8 Å². The van der Waals surface area contributed by atoms with Crippen molar-refractivity contribution in [2.24, 2.45) is 0 Å². The van der Waals surface area contributed by atoms with Crippen molar-refractivity contribution in [2.45, 2.75) is 29.6 Å². The second-order valence-electron chi connectivity index (χ2n) is 8.78. The molecule has 1 heterocycles. The molecule has 40 heavy (non-hydrogen) atoms. The molecule has 0 fully saturated rings. The number of nitro groups is 1. The summed E-state index contributed by atoms with van der Waals surface area (Å²) in [5.41, 5.74) is 1.44. The van der Waals surface area contributed by atoms with Crippen LogP contribution in [0.2, 0.25) is 0 Å². The maximum Gasteiger partial charge on any atom is 0.269 e. The number of allylic oxidation sites excluding steroid dienone is 1. The Labute approximate surface area is 233 Å². The lowest BCUT2D eigenvalue weighted by Crippen LogP contribution is -2.33. The van der Waals surface area contributed by atoms with Crippen LogP contribution in [0, 0.1) is 22.0 Å². The van der Waals surface area contributed by atoms with Crippen LogP contribution in [0.25, 0.3) is 10.9 Å². The minimum atomic E-state index is -4.07. The summed E-state index contributed by atoms with van der Waals surface area (Å²) < 4.78 is 57.2. The molecule has 0 unspecified atom stereocenters. The van der Waals surface area contributed by atoms with Crippen LogP contribution in [0.1, 0.15) is 18.2 Å². The van der Waals surface area contributed by atoms with Crippen LogP contribution >= 0.6 is 0 Å². The third kappa shape index (κ3) is 5.56. The minimum absolute atomic E-state index is 0.00244. The standard InChI is InChI=1S/C29H27N3O6S2/c1-3-5-21-30(39(35,36)25-18-16-23(17-19-25)32(33)34)22-20-27-26-14-9-10-15-29(26)31(28(27)11-4-2)40(37,38)24-12-7-6-8-13-24/h4,6-10,12-19H,2,11,20-22H2,1H3. The zero-order valence-corrected chi connectivity index (χ0v) is 23.4. The van der Waals surface area contributed by atoms with Gasteiger partial charge in [0.2, 0.25) is 10.0 Å². The van der Waals surface area contributed by atoms with Gasteiger partial charge in [-0.25, -0.2) is 20.8 Å². The van der Waals surface area contributed by atoms with Gasteiger partial charge in [-0.05, 0) is 49.2 Å². The van der Waals surface area contributed by atoms with Crippen molar-refractivity contribution in [1.82, 2.24) is 8.28 Å². The molecule has 0 N–H and O–H groups in total. The van der Waals surface area contributed by atoms with Crippen LogP contribution in [0.4, 0.5) is 5.69 Å². The van der Waals surface area contributed by atoms with E-state index in [4.69, 9.17) is 0 Å². The van der Waals surface area contributed by atoms with E-state index in [1.807, 2.05) is 6.07 Å². The molecule has 0 aliphatic carbocycles. The van der Waals surface area contributed by atoms with E-state index in [0.29, 0.717) is 22.2 Å². The SMILES string of the molecule is C=CCc1c(CCN(CC#CC)S(=O)(=O)c2ccc([N+](=O)[O-])cc2)c2ccccc2n1S(=O)(=O)c1ccccc1. The molecule has 206 valence electrons. The fraction of sp³-hybridized carbons (Fsp3) is 0.172. The molecule has 0 atom stereocenters. The van der Waals surface area contributed by atoms with Crippen LogP contribution in [0.15, 0.2) is 101 Å². The van der Waals surface area contributed by atoms with Crippen molar-refractivity contribution >= 4 is 36.6 Å². The van der Waals surface area contributed by atoms with E-state index in [-0.39, 0.29) is 41.4 Å². The number of nitro benzene ring substituents is 1. The average Bonchev–Trinajstić information content (AvgIpc) is 3.27. The molecular weight excluding hydrogens is 550 g/mol. The van der Waals surface area contributed by atoms with Gasteiger partial charge in [-0.1, -0.05) is 48.4 Å². The molecule has 0 saturated carbocycles.